The molecule has 0 aliphatic carbocycles. The molecule has 0 radical (unpaired) electrons. The highest BCUT2D eigenvalue weighted by Crippen LogP contribution is 2.27. The molecule has 0 saturated carbocycles. The molecule has 0 aromatic heterocycles. The van der Waals surface area contributed by atoms with Gasteiger partial charge in [0.2, 0.25) is 0 Å². The summed E-state index contributed by atoms with van der Waals surface area (Å²) >= 11 is 0. The lowest BCUT2D eigenvalue weighted by molar-refractivity contribution is 0.242. The van der Waals surface area contributed by atoms with Gasteiger partial charge in [-0.05, 0) is 32.8 Å². The van der Waals surface area contributed by atoms with E-state index in [-0.39, 0.29) is 6.10 Å². The number of hydrogen-bond donors (Lipinski definition) is 1. The molecular weight excluding hydrogens is 224 g/mol. The molecule has 1 aromatic carbocycles. The number of rotatable bonds is 6. The van der Waals surface area contributed by atoms with Gasteiger partial charge in [-0.2, -0.15) is 0 Å². The van der Waals surface area contributed by atoms with Gasteiger partial charge in [-0.25, -0.2) is 0 Å². The van der Waals surface area contributed by atoms with E-state index in [9.17, 15) is 0 Å². The first-order chi connectivity index (χ1) is 8.47. The Hall–Kier alpha value is -1.38. The van der Waals surface area contributed by atoms with Crippen LogP contribution in [0.3, 0.4) is 0 Å². The van der Waals surface area contributed by atoms with Crippen molar-refractivity contribution in [2.45, 2.75) is 52.7 Å². The van der Waals surface area contributed by atoms with Crippen molar-refractivity contribution in [1.82, 2.24) is 0 Å². The van der Waals surface area contributed by atoms with Crippen LogP contribution in [-0.2, 0) is 0 Å². The van der Waals surface area contributed by atoms with Crippen molar-refractivity contribution in [1.29, 1.82) is 0 Å². The molecule has 0 saturated heterocycles. The summed E-state index contributed by atoms with van der Waals surface area (Å²) in [4.78, 5) is 2.28. The Morgan fingerprint density at radius 2 is 1.78 bits per heavy atom. The van der Waals surface area contributed by atoms with Crippen LogP contribution in [0.2, 0.25) is 0 Å². The number of benzene rings is 1. The SMILES string of the molecule is CCC(CC)N(C)c1cc(N)cc(OC(C)C)c1. The molecule has 102 valence electrons. The van der Waals surface area contributed by atoms with E-state index in [2.05, 4.69) is 31.9 Å². The second kappa shape index (κ2) is 6.53. The lowest BCUT2D eigenvalue weighted by atomic mass is 10.1. The molecule has 2 N–H and O–H groups in total. The van der Waals surface area contributed by atoms with Crippen molar-refractivity contribution in [2.75, 3.05) is 17.7 Å². The summed E-state index contributed by atoms with van der Waals surface area (Å²) in [7, 11) is 2.12. The van der Waals surface area contributed by atoms with Crippen molar-refractivity contribution >= 4 is 11.4 Å². The van der Waals surface area contributed by atoms with Crippen LogP contribution in [0, 0.1) is 0 Å². The minimum atomic E-state index is 0.165. The molecule has 0 heterocycles. The minimum Gasteiger partial charge on any atom is -0.491 e. The van der Waals surface area contributed by atoms with Crippen LogP contribution < -0.4 is 15.4 Å². The fourth-order valence-electron chi connectivity index (χ4n) is 2.20. The third-order valence-corrected chi connectivity index (χ3v) is 3.18. The largest absolute Gasteiger partial charge is 0.491 e. The Labute approximate surface area is 111 Å². The molecule has 0 aliphatic heterocycles. The molecule has 3 heteroatoms. The molecule has 0 fully saturated rings. The average Bonchev–Trinajstić information content (AvgIpc) is 2.28. The molecule has 0 amide bonds. The van der Waals surface area contributed by atoms with E-state index in [1.807, 2.05) is 26.0 Å². The molecule has 0 spiro atoms. The van der Waals surface area contributed by atoms with Gasteiger partial charge in [-0.3, -0.25) is 0 Å². The Bertz CT molecular complexity index is 373. The first kappa shape index (κ1) is 14.7. The van der Waals surface area contributed by atoms with Gasteiger partial charge in [-0.15, -0.1) is 0 Å². The molecule has 0 unspecified atom stereocenters. The van der Waals surface area contributed by atoms with Gasteiger partial charge in [0.05, 0.1) is 6.10 Å². The summed E-state index contributed by atoms with van der Waals surface area (Å²) in [6.45, 7) is 8.46. The normalized spacial score (nSPS) is 11.1. The number of nitrogens with two attached hydrogens (primary N) is 1. The summed E-state index contributed by atoms with van der Waals surface area (Å²) in [5, 5.41) is 0. The fraction of sp³-hybridized carbons (Fsp3) is 0.600. The van der Waals surface area contributed by atoms with Crippen LogP contribution in [0.15, 0.2) is 18.2 Å². The molecule has 0 bridgehead atoms. The second-order valence-electron chi connectivity index (χ2n) is 5.01. The van der Waals surface area contributed by atoms with Crippen LogP contribution in [-0.4, -0.2) is 19.2 Å². The van der Waals surface area contributed by atoms with Gasteiger partial charge in [0, 0.05) is 36.6 Å². The Balaban J connectivity index is 2.97. The molecule has 0 atom stereocenters. The van der Waals surface area contributed by atoms with Crippen LogP contribution in [0.5, 0.6) is 5.75 Å². The predicted octanol–water partition coefficient (Wildman–Crippen LogP) is 3.68. The van der Waals surface area contributed by atoms with Gasteiger partial charge < -0.3 is 15.4 Å². The number of nitrogen functional groups attached to an aromatic ring is 1. The number of nitrogens with zero attached hydrogens (tertiary/aromatic N) is 1. The maximum absolute atomic E-state index is 5.95. The maximum Gasteiger partial charge on any atom is 0.123 e. The molecule has 0 aliphatic rings. The molecular formula is C15H26N2O. The van der Waals surface area contributed by atoms with E-state index in [0.717, 1.165) is 30.0 Å². The fourth-order valence-corrected chi connectivity index (χ4v) is 2.20. The van der Waals surface area contributed by atoms with Gasteiger partial charge in [0.25, 0.3) is 0 Å². The van der Waals surface area contributed by atoms with E-state index in [1.54, 1.807) is 0 Å². The van der Waals surface area contributed by atoms with E-state index in [0.29, 0.717) is 6.04 Å². The number of hydrogen-bond acceptors (Lipinski definition) is 3. The lowest BCUT2D eigenvalue weighted by Gasteiger charge is -2.29. The molecule has 3 nitrogen and oxygen atoms in total. The topological polar surface area (TPSA) is 38.5 Å². The zero-order valence-corrected chi connectivity index (χ0v) is 12.2. The van der Waals surface area contributed by atoms with E-state index in [4.69, 9.17) is 10.5 Å². The summed E-state index contributed by atoms with van der Waals surface area (Å²) in [6.07, 6.45) is 2.42. The zero-order chi connectivity index (χ0) is 13.7. The Morgan fingerprint density at radius 1 is 1.17 bits per heavy atom. The quantitative estimate of drug-likeness (QED) is 0.783. The van der Waals surface area contributed by atoms with E-state index < -0.39 is 0 Å². The van der Waals surface area contributed by atoms with Crippen LogP contribution in [0.4, 0.5) is 11.4 Å². The van der Waals surface area contributed by atoms with Crippen molar-refractivity contribution in [2.24, 2.45) is 0 Å². The monoisotopic (exact) mass is 250 g/mol. The maximum atomic E-state index is 5.95. The van der Waals surface area contributed by atoms with E-state index in [1.165, 1.54) is 0 Å². The van der Waals surface area contributed by atoms with Crippen LogP contribution in [0.1, 0.15) is 40.5 Å². The van der Waals surface area contributed by atoms with Crippen LogP contribution in [0.25, 0.3) is 0 Å². The Kier molecular flexibility index (Phi) is 5.32. The number of ether oxygens (including phenoxy) is 1. The predicted molar refractivity (Wildman–Crippen MR) is 79.4 cm³/mol. The molecule has 18 heavy (non-hydrogen) atoms. The summed E-state index contributed by atoms with van der Waals surface area (Å²) in [5.74, 6) is 0.845. The highest BCUT2D eigenvalue weighted by atomic mass is 16.5. The molecule has 1 aromatic rings. The third kappa shape index (κ3) is 3.83. The van der Waals surface area contributed by atoms with Crippen molar-refractivity contribution < 1.29 is 4.74 Å². The summed E-state index contributed by atoms with van der Waals surface area (Å²) in [5.41, 5.74) is 7.82. The first-order valence-electron chi connectivity index (χ1n) is 6.77. The molecule has 1 rings (SSSR count). The summed E-state index contributed by atoms with van der Waals surface area (Å²) < 4.78 is 5.73. The minimum absolute atomic E-state index is 0.165. The zero-order valence-electron chi connectivity index (χ0n) is 12.2. The van der Waals surface area contributed by atoms with Crippen LogP contribution >= 0.6 is 0 Å². The third-order valence-electron chi connectivity index (χ3n) is 3.18. The van der Waals surface area contributed by atoms with Crippen molar-refractivity contribution in [3.05, 3.63) is 18.2 Å². The van der Waals surface area contributed by atoms with Gasteiger partial charge in [0.15, 0.2) is 0 Å². The van der Waals surface area contributed by atoms with Crippen molar-refractivity contribution in [3.8, 4) is 5.75 Å². The van der Waals surface area contributed by atoms with Crippen molar-refractivity contribution in [3.63, 3.8) is 0 Å². The lowest BCUT2D eigenvalue weighted by Crippen LogP contribution is -2.30. The van der Waals surface area contributed by atoms with Gasteiger partial charge in [-0.1, -0.05) is 13.8 Å². The van der Waals surface area contributed by atoms with Gasteiger partial charge in [0.1, 0.15) is 5.75 Å². The van der Waals surface area contributed by atoms with Gasteiger partial charge >= 0.3 is 0 Å². The number of anilines is 2. The summed E-state index contributed by atoms with van der Waals surface area (Å²) in [6, 6.07) is 6.49. The highest BCUT2D eigenvalue weighted by Gasteiger charge is 2.13. The first-order valence-corrected chi connectivity index (χ1v) is 6.77. The highest BCUT2D eigenvalue weighted by molar-refractivity contribution is 5.60. The second-order valence-corrected chi connectivity index (χ2v) is 5.01. The van der Waals surface area contributed by atoms with E-state index >= 15 is 0 Å². The smallest absolute Gasteiger partial charge is 0.123 e. The standard InChI is InChI=1S/C15H26N2O/c1-6-13(7-2)17(5)14-8-12(16)9-15(10-14)18-11(3)4/h8-11,13H,6-7,16H2,1-5H3. The average molecular weight is 250 g/mol. The Morgan fingerprint density at radius 3 is 2.28 bits per heavy atom.